The normalized spacial score (nSPS) is 11.8. The van der Waals surface area contributed by atoms with Crippen LogP contribution in [0.1, 0.15) is 0 Å². The van der Waals surface area contributed by atoms with Crippen molar-refractivity contribution in [3.8, 4) is 22.5 Å². The van der Waals surface area contributed by atoms with Gasteiger partial charge in [0.1, 0.15) is 0 Å². The first-order valence-corrected chi connectivity index (χ1v) is 14.2. The van der Waals surface area contributed by atoms with Gasteiger partial charge in [0.25, 0.3) is 0 Å². The van der Waals surface area contributed by atoms with E-state index in [0.717, 1.165) is 33.2 Å². The molecule has 4 nitrogen and oxygen atoms in total. The number of para-hydroxylation sites is 3. The quantitative estimate of drug-likeness (QED) is 0.225. The van der Waals surface area contributed by atoms with Crippen molar-refractivity contribution in [1.29, 1.82) is 0 Å². The minimum absolute atomic E-state index is 1.000. The van der Waals surface area contributed by atoms with Crippen LogP contribution < -0.4 is 0 Å². The molecule has 42 heavy (non-hydrogen) atoms. The minimum Gasteiger partial charge on any atom is -0.309 e. The summed E-state index contributed by atoms with van der Waals surface area (Å²) in [7, 11) is 0. The molecule has 9 rings (SSSR count). The zero-order valence-corrected chi connectivity index (χ0v) is 22.6. The van der Waals surface area contributed by atoms with Gasteiger partial charge in [0.2, 0.25) is 0 Å². The molecule has 0 fully saturated rings. The Hall–Kier alpha value is -5.74. The molecule has 0 aliphatic heterocycles. The predicted molar refractivity (Wildman–Crippen MR) is 174 cm³/mol. The summed E-state index contributed by atoms with van der Waals surface area (Å²) in [5, 5.41) is 5.92. The fourth-order valence-corrected chi connectivity index (χ4v) is 6.56. The second kappa shape index (κ2) is 8.88. The van der Waals surface area contributed by atoms with Crippen LogP contribution in [0.3, 0.4) is 0 Å². The Kier molecular flexibility index (Phi) is 4.87. The third-order valence-electron chi connectivity index (χ3n) is 8.43. The van der Waals surface area contributed by atoms with Gasteiger partial charge < -0.3 is 9.13 Å². The maximum atomic E-state index is 4.85. The number of hydrogen-bond donors (Lipinski definition) is 0. The first-order valence-electron chi connectivity index (χ1n) is 14.2. The van der Waals surface area contributed by atoms with Crippen LogP contribution in [0, 0.1) is 0 Å². The Morgan fingerprint density at radius 2 is 1.05 bits per heavy atom. The molecule has 0 aliphatic rings. The van der Waals surface area contributed by atoms with E-state index in [1.807, 2.05) is 18.6 Å². The lowest BCUT2D eigenvalue weighted by molar-refractivity contribution is 1.17. The molecule has 4 heteroatoms. The minimum atomic E-state index is 1.000. The van der Waals surface area contributed by atoms with Gasteiger partial charge in [-0.15, -0.1) is 0 Å². The standard InChI is InChI=1S/C38H24N4/c1-3-9-27(10-4-1)41-35-17-15-25(21-31(35)29-19-20-39-24-37(29)41)26-16-18-36-32(22-26)33-23-40-34-14-8-7-13-30(34)38(33)42(36)28-11-5-2-6-12-28/h1-24H. The van der Waals surface area contributed by atoms with E-state index >= 15 is 0 Å². The van der Waals surface area contributed by atoms with Gasteiger partial charge in [-0.3, -0.25) is 9.97 Å². The topological polar surface area (TPSA) is 35.6 Å². The van der Waals surface area contributed by atoms with Crippen LogP contribution in [0.25, 0.3) is 77.0 Å². The van der Waals surface area contributed by atoms with Crippen LogP contribution in [0.4, 0.5) is 0 Å². The maximum Gasteiger partial charge on any atom is 0.0724 e. The average Bonchev–Trinajstić information content (AvgIpc) is 3.58. The van der Waals surface area contributed by atoms with Gasteiger partial charge in [-0.1, -0.05) is 66.7 Å². The van der Waals surface area contributed by atoms with Gasteiger partial charge in [0.05, 0.1) is 33.8 Å². The Bertz CT molecular complexity index is 2450. The van der Waals surface area contributed by atoms with Crippen molar-refractivity contribution in [1.82, 2.24) is 19.1 Å². The van der Waals surface area contributed by atoms with E-state index in [1.54, 1.807) is 0 Å². The van der Waals surface area contributed by atoms with Crippen molar-refractivity contribution in [2.24, 2.45) is 0 Å². The molecule has 9 aromatic rings. The molecule has 0 unspecified atom stereocenters. The first kappa shape index (κ1) is 23.0. The molecule has 0 saturated heterocycles. The molecule has 4 heterocycles. The predicted octanol–water partition coefficient (Wildman–Crippen LogP) is 9.49. The Labute approximate surface area is 241 Å². The van der Waals surface area contributed by atoms with Crippen molar-refractivity contribution >= 4 is 54.5 Å². The van der Waals surface area contributed by atoms with E-state index in [1.165, 1.54) is 43.8 Å². The molecule has 0 bridgehead atoms. The number of fused-ring (bicyclic) bond motifs is 8. The number of pyridine rings is 2. The summed E-state index contributed by atoms with van der Waals surface area (Å²) >= 11 is 0. The van der Waals surface area contributed by atoms with Gasteiger partial charge in [0, 0.05) is 50.7 Å². The highest BCUT2D eigenvalue weighted by atomic mass is 15.0. The van der Waals surface area contributed by atoms with E-state index < -0.39 is 0 Å². The summed E-state index contributed by atoms with van der Waals surface area (Å²) in [6.45, 7) is 0. The smallest absolute Gasteiger partial charge is 0.0724 e. The number of aromatic nitrogens is 4. The Morgan fingerprint density at radius 1 is 0.429 bits per heavy atom. The molecule has 5 aromatic carbocycles. The number of benzene rings is 5. The van der Waals surface area contributed by atoms with Crippen molar-refractivity contribution < 1.29 is 0 Å². The van der Waals surface area contributed by atoms with Crippen LogP contribution in [0.15, 0.2) is 146 Å². The second-order valence-corrected chi connectivity index (χ2v) is 10.7. The highest BCUT2D eigenvalue weighted by Gasteiger charge is 2.17. The molecule has 0 saturated carbocycles. The van der Waals surface area contributed by atoms with Gasteiger partial charge in [-0.25, -0.2) is 0 Å². The highest BCUT2D eigenvalue weighted by molar-refractivity contribution is 6.18. The fraction of sp³-hybridized carbons (Fsp3) is 0. The van der Waals surface area contributed by atoms with Crippen molar-refractivity contribution in [3.63, 3.8) is 0 Å². The SMILES string of the molecule is c1ccc(-n2c3ccc(-c4ccc5c(c4)c4cnc6ccccc6c4n5-c4ccccc4)cc3c3ccncc32)cc1. The van der Waals surface area contributed by atoms with Crippen molar-refractivity contribution in [2.75, 3.05) is 0 Å². The summed E-state index contributed by atoms with van der Waals surface area (Å²) in [5.74, 6) is 0. The summed E-state index contributed by atoms with van der Waals surface area (Å²) < 4.78 is 4.68. The van der Waals surface area contributed by atoms with Gasteiger partial charge >= 0.3 is 0 Å². The molecule has 0 radical (unpaired) electrons. The second-order valence-electron chi connectivity index (χ2n) is 10.7. The molecule has 196 valence electrons. The van der Waals surface area contributed by atoms with Crippen LogP contribution >= 0.6 is 0 Å². The third kappa shape index (κ3) is 3.29. The number of rotatable bonds is 3. The van der Waals surface area contributed by atoms with E-state index in [9.17, 15) is 0 Å². The zero-order valence-electron chi connectivity index (χ0n) is 22.6. The zero-order chi connectivity index (χ0) is 27.6. The van der Waals surface area contributed by atoms with E-state index in [-0.39, 0.29) is 0 Å². The van der Waals surface area contributed by atoms with Crippen LogP contribution in [-0.4, -0.2) is 19.1 Å². The first-order chi connectivity index (χ1) is 20.8. The third-order valence-corrected chi connectivity index (χ3v) is 8.43. The molecule has 4 aromatic heterocycles. The lowest BCUT2D eigenvalue weighted by atomic mass is 10.0. The van der Waals surface area contributed by atoms with Gasteiger partial charge in [-0.2, -0.15) is 0 Å². The van der Waals surface area contributed by atoms with Crippen LogP contribution in [0.5, 0.6) is 0 Å². The Morgan fingerprint density at radius 3 is 1.79 bits per heavy atom. The summed E-state index contributed by atoms with van der Waals surface area (Å²) in [6, 6.07) is 45.3. The van der Waals surface area contributed by atoms with E-state index in [0.29, 0.717) is 0 Å². The fourth-order valence-electron chi connectivity index (χ4n) is 6.56. The van der Waals surface area contributed by atoms with Crippen molar-refractivity contribution in [3.05, 3.63) is 146 Å². The molecular formula is C38H24N4. The maximum absolute atomic E-state index is 4.85. The summed E-state index contributed by atoms with van der Waals surface area (Å²) in [4.78, 5) is 9.31. The molecule has 0 N–H and O–H groups in total. The monoisotopic (exact) mass is 536 g/mol. The van der Waals surface area contributed by atoms with Gasteiger partial charge in [0.15, 0.2) is 0 Å². The lowest BCUT2D eigenvalue weighted by Crippen LogP contribution is -1.94. The highest BCUT2D eigenvalue weighted by Crippen LogP contribution is 2.39. The molecule has 0 spiro atoms. The van der Waals surface area contributed by atoms with E-state index in [2.05, 4.69) is 142 Å². The average molecular weight is 537 g/mol. The van der Waals surface area contributed by atoms with Gasteiger partial charge in [-0.05, 0) is 71.8 Å². The number of nitrogens with zero attached hydrogens (tertiary/aromatic N) is 4. The summed E-state index contributed by atoms with van der Waals surface area (Å²) in [6.07, 6.45) is 5.88. The van der Waals surface area contributed by atoms with Crippen LogP contribution in [-0.2, 0) is 0 Å². The molecule has 0 atom stereocenters. The summed E-state index contributed by atoms with van der Waals surface area (Å²) in [5.41, 5.74) is 10.3. The lowest BCUT2D eigenvalue weighted by Gasteiger charge is -2.10. The Balaban J connectivity index is 1.31. The van der Waals surface area contributed by atoms with Crippen LogP contribution in [0.2, 0.25) is 0 Å². The molecular weight excluding hydrogens is 512 g/mol. The largest absolute Gasteiger partial charge is 0.309 e. The number of hydrogen-bond acceptors (Lipinski definition) is 2. The molecule has 0 aliphatic carbocycles. The van der Waals surface area contributed by atoms with E-state index in [4.69, 9.17) is 4.98 Å². The van der Waals surface area contributed by atoms with Crippen molar-refractivity contribution in [2.45, 2.75) is 0 Å². The molecule has 0 amide bonds.